The maximum atomic E-state index is 12.4. The summed E-state index contributed by atoms with van der Waals surface area (Å²) in [4.78, 5) is 8.26. The van der Waals surface area contributed by atoms with Crippen LogP contribution < -0.4 is 5.73 Å². The summed E-state index contributed by atoms with van der Waals surface area (Å²) in [5, 5.41) is 0. The van der Waals surface area contributed by atoms with Gasteiger partial charge in [-0.2, -0.15) is 13.2 Å². The van der Waals surface area contributed by atoms with Gasteiger partial charge < -0.3 is 5.73 Å². The van der Waals surface area contributed by atoms with Crippen molar-refractivity contribution in [2.75, 3.05) is 0 Å². The molecule has 0 spiro atoms. The van der Waals surface area contributed by atoms with Gasteiger partial charge in [0.05, 0.1) is 29.2 Å². The summed E-state index contributed by atoms with van der Waals surface area (Å²) in [6.45, 7) is 1.82. The zero-order valence-electron chi connectivity index (χ0n) is 10.9. The van der Waals surface area contributed by atoms with Crippen molar-refractivity contribution in [1.29, 1.82) is 0 Å². The molecule has 6 heteroatoms. The Kier molecular flexibility index (Phi) is 4.04. The number of hydrogen-bond acceptors (Lipinski definition) is 3. The van der Waals surface area contributed by atoms with Gasteiger partial charge in [0.15, 0.2) is 0 Å². The lowest BCUT2D eigenvalue weighted by Gasteiger charge is -2.12. The number of nitrogens with zero attached hydrogens (tertiary/aromatic N) is 2. The van der Waals surface area contributed by atoms with Gasteiger partial charge >= 0.3 is 6.18 Å². The van der Waals surface area contributed by atoms with E-state index in [2.05, 4.69) is 9.97 Å². The smallest absolute Gasteiger partial charge is 0.322 e. The molecule has 106 valence electrons. The molecule has 0 aliphatic heterocycles. The van der Waals surface area contributed by atoms with E-state index in [4.69, 9.17) is 5.73 Å². The minimum atomic E-state index is -4.32. The van der Waals surface area contributed by atoms with Gasteiger partial charge in [0, 0.05) is 6.20 Å². The Hall–Kier alpha value is -1.95. The van der Waals surface area contributed by atoms with Crippen LogP contribution in [0.3, 0.4) is 0 Å². The van der Waals surface area contributed by atoms with E-state index in [1.807, 2.05) is 6.92 Å². The summed E-state index contributed by atoms with van der Waals surface area (Å²) in [6, 6.07) is 4.60. The molecule has 0 radical (unpaired) electrons. The van der Waals surface area contributed by atoms with Crippen LogP contribution in [-0.4, -0.2) is 9.97 Å². The fourth-order valence-corrected chi connectivity index (χ4v) is 1.78. The molecule has 0 fully saturated rings. The van der Waals surface area contributed by atoms with Crippen LogP contribution in [0.5, 0.6) is 0 Å². The fraction of sp³-hybridized carbons (Fsp3) is 0.286. The highest BCUT2D eigenvalue weighted by Gasteiger charge is 2.29. The van der Waals surface area contributed by atoms with Crippen LogP contribution in [0.25, 0.3) is 0 Å². The van der Waals surface area contributed by atoms with Gasteiger partial charge in [-0.05, 0) is 31.0 Å². The number of rotatable bonds is 3. The third-order valence-corrected chi connectivity index (χ3v) is 2.92. The molecule has 1 atom stereocenters. The number of hydrogen-bond donors (Lipinski definition) is 1. The summed E-state index contributed by atoms with van der Waals surface area (Å²) < 4.78 is 37.3. The Bertz CT molecular complexity index is 562. The van der Waals surface area contributed by atoms with E-state index in [1.165, 1.54) is 12.1 Å². The molecule has 0 saturated heterocycles. The maximum absolute atomic E-state index is 12.4. The summed E-state index contributed by atoms with van der Waals surface area (Å²) >= 11 is 0. The summed E-state index contributed by atoms with van der Waals surface area (Å²) in [7, 11) is 0. The first-order valence-electron chi connectivity index (χ1n) is 6.06. The third kappa shape index (κ3) is 3.54. The van der Waals surface area contributed by atoms with Gasteiger partial charge in [-0.25, -0.2) is 0 Å². The van der Waals surface area contributed by atoms with Gasteiger partial charge in [-0.3, -0.25) is 9.97 Å². The van der Waals surface area contributed by atoms with E-state index in [0.717, 1.165) is 23.4 Å². The molecule has 0 saturated carbocycles. The SMILES string of the molecule is Cc1cnc(C(N)Cc2ccc(C(F)(F)F)cc2)cn1. The zero-order valence-corrected chi connectivity index (χ0v) is 10.9. The van der Waals surface area contributed by atoms with Crippen LogP contribution >= 0.6 is 0 Å². The van der Waals surface area contributed by atoms with E-state index in [0.29, 0.717) is 12.1 Å². The molecule has 0 bridgehead atoms. The predicted molar refractivity (Wildman–Crippen MR) is 68.8 cm³/mol. The molecule has 3 nitrogen and oxygen atoms in total. The van der Waals surface area contributed by atoms with Crippen molar-refractivity contribution in [3.8, 4) is 0 Å². The molecule has 0 aliphatic rings. The van der Waals surface area contributed by atoms with Gasteiger partial charge in [-0.1, -0.05) is 12.1 Å². The second-order valence-electron chi connectivity index (χ2n) is 4.59. The minimum absolute atomic E-state index is 0.389. The third-order valence-electron chi connectivity index (χ3n) is 2.92. The molecule has 0 aliphatic carbocycles. The molecule has 20 heavy (non-hydrogen) atoms. The maximum Gasteiger partial charge on any atom is 0.416 e. The Balaban J connectivity index is 2.08. The molecule has 2 N–H and O–H groups in total. The topological polar surface area (TPSA) is 51.8 Å². The van der Waals surface area contributed by atoms with E-state index in [9.17, 15) is 13.2 Å². The first-order chi connectivity index (χ1) is 9.36. The Morgan fingerprint density at radius 3 is 2.25 bits per heavy atom. The minimum Gasteiger partial charge on any atom is -0.322 e. The first-order valence-corrected chi connectivity index (χ1v) is 6.06. The number of benzene rings is 1. The number of aryl methyl sites for hydroxylation is 1. The second-order valence-corrected chi connectivity index (χ2v) is 4.59. The van der Waals surface area contributed by atoms with Crippen molar-refractivity contribution < 1.29 is 13.2 Å². The summed E-state index contributed by atoms with van der Waals surface area (Å²) in [6.07, 6.45) is -0.703. The van der Waals surface area contributed by atoms with Crippen LogP contribution in [0.15, 0.2) is 36.7 Å². The molecule has 1 aromatic heterocycles. The standard InChI is InChI=1S/C14H14F3N3/c1-9-7-20-13(8-19-9)12(18)6-10-2-4-11(5-3-10)14(15,16)17/h2-5,7-8,12H,6,18H2,1H3. The van der Waals surface area contributed by atoms with Crippen molar-refractivity contribution in [2.45, 2.75) is 25.6 Å². The molecular formula is C14H14F3N3. The second kappa shape index (κ2) is 5.58. The number of alkyl halides is 3. The zero-order chi connectivity index (χ0) is 14.8. The van der Waals surface area contributed by atoms with Crippen LogP contribution in [0.4, 0.5) is 13.2 Å². The Morgan fingerprint density at radius 2 is 1.75 bits per heavy atom. The highest BCUT2D eigenvalue weighted by atomic mass is 19.4. The predicted octanol–water partition coefficient (Wildman–Crippen LogP) is 3.05. The fourth-order valence-electron chi connectivity index (χ4n) is 1.78. The Morgan fingerprint density at radius 1 is 1.10 bits per heavy atom. The van der Waals surface area contributed by atoms with Crippen molar-refractivity contribution >= 4 is 0 Å². The quantitative estimate of drug-likeness (QED) is 0.940. The van der Waals surface area contributed by atoms with E-state index in [-0.39, 0.29) is 6.04 Å². The number of nitrogens with two attached hydrogens (primary N) is 1. The first kappa shape index (κ1) is 14.5. The molecule has 2 aromatic rings. The lowest BCUT2D eigenvalue weighted by Crippen LogP contribution is -2.15. The largest absolute Gasteiger partial charge is 0.416 e. The lowest BCUT2D eigenvalue weighted by atomic mass is 10.0. The van der Waals surface area contributed by atoms with E-state index >= 15 is 0 Å². The van der Waals surface area contributed by atoms with E-state index < -0.39 is 11.7 Å². The van der Waals surface area contributed by atoms with Crippen LogP contribution in [0, 0.1) is 6.92 Å². The van der Waals surface area contributed by atoms with Crippen LogP contribution in [0.2, 0.25) is 0 Å². The molecule has 1 heterocycles. The van der Waals surface area contributed by atoms with Gasteiger partial charge in [0.2, 0.25) is 0 Å². The molecule has 0 amide bonds. The average molecular weight is 281 g/mol. The van der Waals surface area contributed by atoms with Crippen molar-refractivity contribution in [1.82, 2.24) is 9.97 Å². The van der Waals surface area contributed by atoms with Gasteiger partial charge in [0.1, 0.15) is 0 Å². The van der Waals surface area contributed by atoms with Crippen LogP contribution in [-0.2, 0) is 12.6 Å². The molecule has 2 rings (SSSR count). The van der Waals surface area contributed by atoms with Crippen LogP contribution in [0.1, 0.15) is 28.6 Å². The van der Waals surface area contributed by atoms with Crippen molar-refractivity contribution in [3.05, 3.63) is 59.2 Å². The highest BCUT2D eigenvalue weighted by Crippen LogP contribution is 2.29. The molecule has 1 unspecified atom stereocenters. The number of halogens is 3. The Labute approximate surface area is 114 Å². The van der Waals surface area contributed by atoms with Crippen molar-refractivity contribution in [3.63, 3.8) is 0 Å². The highest BCUT2D eigenvalue weighted by molar-refractivity contribution is 5.26. The lowest BCUT2D eigenvalue weighted by molar-refractivity contribution is -0.137. The van der Waals surface area contributed by atoms with Crippen molar-refractivity contribution in [2.24, 2.45) is 5.73 Å². The average Bonchev–Trinajstić information content (AvgIpc) is 2.39. The monoisotopic (exact) mass is 281 g/mol. The summed E-state index contributed by atoms with van der Waals surface area (Å²) in [5.41, 5.74) is 7.45. The van der Waals surface area contributed by atoms with Gasteiger partial charge in [0.25, 0.3) is 0 Å². The molecule has 1 aromatic carbocycles. The summed E-state index contributed by atoms with van der Waals surface area (Å²) in [5.74, 6) is 0. The normalized spacial score (nSPS) is 13.2. The van der Waals surface area contributed by atoms with Gasteiger partial charge in [-0.15, -0.1) is 0 Å². The molecular weight excluding hydrogens is 267 g/mol. The number of aromatic nitrogens is 2. The van der Waals surface area contributed by atoms with E-state index in [1.54, 1.807) is 12.4 Å².